The van der Waals surface area contributed by atoms with Gasteiger partial charge in [-0.3, -0.25) is 5.84 Å². The third-order valence-electron chi connectivity index (χ3n) is 1.19. The fourth-order valence-electron chi connectivity index (χ4n) is 0.745. The topological polar surface area (TPSA) is 41.3 Å². The van der Waals surface area contributed by atoms with Crippen molar-refractivity contribution in [2.24, 2.45) is 5.84 Å². The molecule has 3 nitrogen and oxygen atoms in total. The first-order valence-electron chi connectivity index (χ1n) is 2.57. The first-order valence-corrected chi connectivity index (χ1v) is 2.57. The summed E-state index contributed by atoms with van der Waals surface area (Å²) in [6.45, 7) is 3.09. The number of hydrogen-bond acceptors (Lipinski definition) is 3. The Hall–Kier alpha value is -0.120. The maximum Gasteiger partial charge on any atom is 0.0301 e. The SMILES string of the molecule is CC1CCN(N)N1. The minimum atomic E-state index is 0.574. The molecule has 0 aromatic rings. The summed E-state index contributed by atoms with van der Waals surface area (Å²) in [5.41, 5.74) is 3.03. The third-order valence-corrected chi connectivity index (χ3v) is 1.19. The largest absolute Gasteiger partial charge is 0.255 e. The minimum absolute atomic E-state index is 0.574. The number of hydrogen-bond donors (Lipinski definition) is 2. The van der Waals surface area contributed by atoms with Crippen LogP contribution in [0.15, 0.2) is 0 Å². The Morgan fingerprint density at radius 1 is 1.86 bits per heavy atom. The van der Waals surface area contributed by atoms with Gasteiger partial charge < -0.3 is 0 Å². The van der Waals surface area contributed by atoms with E-state index in [-0.39, 0.29) is 0 Å². The van der Waals surface area contributed by atoms with Crippen LogP contribution in [0.3, 0.4) is 0 Å². The average molecular weight is 101 g/mol. The molecule has 0 aromatic carbocycles. The third kappa shape index (κ3) is 1.12. The van der Waals surface area contributed by atoms with Crippen LogP contribution in [0.2, 0.25) is 0 Å². The van der Waals surface area contributed by atoms with Crippen LogP contribution in [-0.2, 0) is 0 Å². The Kier molecular flexibility index (Phi) is 1.27. The maximum atomic E-state index is 5.35. The summed E-state index contributed by atoms with van der Waals surface area (Å²) in [6, 6.07) is 0.574. The lowest BCUT2D eigenvalue weighted by Crippen LogP contribution is -2.39. The number of hydrazine groups is 2. The van der Waals surface area contributed by atoms with E-state index < -0.39 is 0 Å². The fraction of sp³-hybridized carbons (Fsp3) is 1.00. The molecule has 1 saturated heterocycles. The summed E-state index contributed by atoms with van der Waals surface area (Å²) in [5, 5.41) is 1.63. The standard InChI is InChI=1S/C4H11N3/c1-4-2-3-7(5)6-4/h4,6H,2-3,5H2,1H3. The summed E-state index contributed by atoms with van der Waals surface area (Å²) >= 11 is 0. The Morgan fingerprint density at radius 2 is 2.57 bits per heavy atom. The second kappa shape index (κ2) is 1.78. The maximum absolute atomic E-state index is 5.35. The first kappa shape index (κ1) is 5.03. The van der Waals surface area contributed by atoms with E-state index in [4.69, 9.17) is 5.84 Å². The van der Waals surface area contributed by atoms with E-state index in [1.54, 1.807) is 5.12 Å². The summed E-state index contributed by atoms with van der Waals surface area (Å²) in [5.74, 6) is 5.35. The van der Waals surface area contributed by atoms with Crippen molar-refractivity contribution < 1.29 is 0 Å². The summed E-state index contributed by atoms with van der Waals surface area (Å²) in [4.78, 5) is 0. The number of nitrogens with zero attached hydrogens (tertiary/aromatic N) is 1. The number of rotatable bonds is 0. The molecule has 1 aliphatic heterocycles. The Bertz CT molecular complexity index is 56.0. The molecule has 1 aliphatic rings. The first-order chi connectivity index (χ1) is 3.29. The van der Waals surface area contributed by atoms with Gasteiger partial charge in [-0.25, -0.2) is 5.43 Å². The Balaban J connectivity index is 2.26. The van der Waals surface area contributed by atoms with Crippen LogP contribution in [0.4, 0.5) is 0 Å². The fourth-order valence-corrected chi connectivity index (χ4v) is 0.745. The monoisotopic (exact) mass is 101 g/mol. The van der Waals surface area contributed by atoms with Crippen molar-refractivity contribution in [2.45, 2.75) is 19.4 Å². The molecule has 0 saturated carbocycles. The lowest BCUT2D eigenvalue weighted by atomic mass is 10.3. The molecule has 0 bridgehead atoms. The van der Waals surface area contributed by atoms with Gasteiger partial charge in [-0.2, -0.15) is 5.12 Å². The van der Waals surface area contributed by atoms with E-state index in [0.29, 0.717) is 6.04 Å². The highest BCUT2D eigenvalue weighted by Gasteiger charge is 2.12. The van der Waals surface area contributed by atoms with Crippen molar-refractivity contribution in [3.63, 3.8) is 0 Å². The van der Waals surface area contributed by atoms with E-state index in [1.807, 2.05) is 0 Å². The van der Waals surface area contributed by atoms with Crippen LogP contribution in [0.5, 0.6) is 0 Å². The normalized spacial score (nSPS) is 34.3. The minimum Gasteiger partial charge on any atom is -0.255 e. The van der Waals surface area contributed by atoms with Crippen molar-refractivity contribution >= 4 is 0 Å². The molecule has 3 N–H and O–H groups in total. The quantitative estimate of drug-likeness (QED) is 0.403. The van der Waals surface area contributed by atoms with Crippen LogP contribution in [-0.4, -0.2) is 17.7 Å². The van der Waals surface area contributed by atoms with E-state index in [0.717, 1.165) is 13.0 Å². The zero-order valence-corrected chi connectivity index (χ0v) is 4.52. The van der Waals surface area contributed by atoms with Crippen molar-refractivity contribution in [2.75, 3.05) is 6.54 Å². The van der Waals surface area contributed by atoms with Crippen molar-refractivity contribution in [3.05, 3.63) is 0 Å². The molecule has 0 aromatic heterocycles. The Labute approximate surface area is 43.4 Å². The highest BCUT2D eigenvalue weighted by molar-refractivity contribution is 4.65. The van der Waals surface area contributed by atoms with Crippen molar-refractivity contribution in [3.8, 4) is 0 Å². The molecule has 7 heavy (non-hydrogen) atoms. The predicted octanol–water partition coefficient (Wildman–Crippen LogP) is -0.541. The molecule has 1 unspecified atom stereocenters. The molecular formula is C4H11N3. The highest BCUT2D eigenvalue weighted by Crippen LogP contribution is 1.97. The van der Waals surface area contributed by atoms with Crippen LogP contribution in [0.1, 0.15) is 13.3 Å². The predicted molar refractivity (Wildman–Crippen MR) is 28.1 cm³/mol. The lowest BCUT2D eigenvalue weighted by molar-refractivity contribution is 0.247. The van der Waals surface area contributed by atoms with Gasteiger partial charge in [0.15, 0.2) is 0 Å². The molecule has 1 rings (SSSR count). The van der Waals surface area contributed by atoms with Gasteiger partial charge in [0, 0.05) is 12.6 Å². The van der Waals surface area contributed by atoms with Crippen LogP contribution >= 0.6 is 0 Å². The molecule has 3 heteroatoms. The van der Waals surface area contributed by atoms with Gasteiger partial charge in [-0.1, -0.05) is 0 Å². The van der Waals surface area contributed by atoms with Crippen LogP contribution in [0, 0.1) is 0 Å². The second-order valence-electron chi connectivity index (χ2n) is 2.01. The lowest BCUT2D eigenvalue weighted by Gasteiger charge is -2.06. The van der Waals surface area contributed by atoms with Gasteiger partial charge >= 0.3 is 0 Å². The highest BCUT2D eigenvalue weighted by atomic mass is 15.7. The molecule has 1 fully saturated rings. The van der Waals surface area contributed by atoms with Gasteiger partial charge in [0.2, 0.25) is 0 Å². The molecule has 0 amide bonds. The Morgan fingerprint density at radius 3 is 2.71 bits per heavy atom. The molecule has 0 aliphatic carbocycles. The van der Waals surface area contributed by atoms with E-state index >= 15 is 0 Å². The second-order valence-corrected chi connectivity index (χ2v) is 2.01. The molecule has 0 spiro atoms. The van der Waals surface area contributed by atoms with Crippen LogP contribution in [0.25, 0.3) is 0 Å². The number of nitrogens with two attached hydrogens (primary N) is 1. The van der Waals surface area contributed by atoms with Gasteiger partial charge in [0.25, 0.3) is 0 Å². The molecule has 1 atom stereocenters. The molecule has 42 valence electrons. The van der Waals surface area contributed by atoms with Gasteiger partial charge in [0.05, 0.1) is 0 Å². The van der Waals surface area contributed by atoms with E-state index in [1.165, 1.54) is 0 Å². The summed E-state index contributed by atoms with van der Waals surface area (Å²) < 4.78 is 0. The van der Waals surface area contributed by atoms with E-state index in [9.17, 15) is 0 Å². The van der Waals surface area contributed by atoms with Gasteiger partial charge in [-0.05, 0) is 13.3 Å². The van der Waals surface area contributed by atoms with Crippen molar-refractivity contribution in [1.29, 1.82) is 0 Å². The summed E-state index contributed by atoms with van der Waals surface area (Å²) in [6.07, 6.45) is 1.16. The van der Waals surface area contributed by atoms with E-state index in [2.05, 4.69) is 12.3 Å². The number of nitrogens with one attached hydrogen (secondary N) is 1. The average Bonchev–Trinajstić information content (AvgIpc) is 1.87. The zero-order valence-electron chi connectivity index (χ0n) is 4.52. The molecule has 0 radical (unpaired) electrons. The summed E-state index contributed by atoms with van der Waals surface area (Å²) in [7, 11) is 0. The molecular weight excluding hydrogens is 90.1 g/mol. The van der Waals surface area contributed by atoms with Gasteiger partial charge in [0.1, 0.15) is 0 Å². The molecule has 1 heterocycles. The van der Waals surface area contributed by atoms with Crippen LogP contribution < -0.4 is 11.3 Å². The van der Waals surface area contributed by atoms with Gasteiger partial charge in [-0.15, -0.1) is 0 Å². The van der Waals surface area contributed by atoms with Crippen molar-refractivity contribution in [1.82, 2.24) is 10.5 Å². The zero-order chi connectivity index (χ0) is 5.28. The smallest absolute Gasteiger partial charge is 0.0301 e.